The maximum absolute atomic E-state index is 11.5. The minimum atomic E-state index is -1.94. The van der Waals surface area contributed by atoms with E-state index in [1.165, 1.54) is 24.3 Å². The van der Waals surface area contributed by atoms with Crippen LogP contribution >= 0.6 is 0 Å². The van der Waals surface area contributed by atoms with Gasteiger partial charge in [0, 0.05) is 11.6 Å². The summed E-state index contributed by atoms with van der Waals surface area (Å²) in [5, 5.41) is 40.8. The average molecular weight is 332 g/mol. The van der Waals surface area contributed by atoms with Crippen molar-refractivity contribution in [3.63, 3.8) is 0 Å². The summed E-state index contributed by atoms with van der Waals surface area (Å²) in [6, 6.07) is 8.13. The highest BCUT2D eigenvalue weighted by molar-refractivity contribution is 6.10. The zero-order valence-electron chi connectivity index (χ0n) is 11.7. The van der Waals surface area contributed by atoms with E-state index in [2.05, 4.69) is 0 Å². The van der Waals surface area contributed by atoms with Crippen LogP contribution in [0.5, 0.6) is 0 Å². The molecule has 122 valence electrons. The van der Waals surface area contributed by atoms with Gasteiger partial charge in [0.2, 0.25) is 0 Å². The first-order valence-corrected chi connectivity index (χ1v) is 6.27. The lowest BCUT2D eigenvalue weighted by Crippen LogP contribution is -2.14. The van der Waals surface area contributed by atoms with Crippen LogP contribution in [0.1, 0.15) is 20.7 Å². The lowest BCUT2D eigenvalue weighted by atomic mass is 9.93. The number of nitro groups is 2. The third-order valence-corrected chi connectivity index (χ3v) is 3.17. The van der Waals surface area contributed by atoms with E-state index >= 15 is 0 Å². The molecule has 0 aliphatic heterocycles. The molecule has 10 heteroatoms. The van der Waals surface area contributed by atoms with E-state index in [-0.39, 0.29) is 11.1 Å². The number of carboxylic acids is 2. The van der Waals surface area contributed by atoms with Gasteiger partial charge in [-0.05, 0) is 5.56 Å². The Hall–Kier alpha value is -3.82. The van der Waals surface area contributed by atoms with Crippen LogP contribution in [-0.4, -0.2) is 32.0 Å². The van der Waals surface area contributed by atoms with Crippen LogP contribution in [0.25, 0.3) is 11.1 Å². The zero-order valence-corrected chi connectivity index (χ0v) is 11.7. The molecule has 2 aromatic carbocycles. The fourth-order valence-corrected chi connectivity index (χ4v) is 2.26. The first-order valence-electron chi connectivity index (χ1n) is 6.27. The summed E-state index contributed by atoms with van der Waals surface area (Å²) < 4.78 is 0. The SMILES string of the molecule is O=C(O)c1c(-c2ccccc2)cc([N+](=O)[O-])c([N+](=O)[O-])c1C(=O)O. The summed E-state index contributed by atoms with van der Waals surface area (Å²) in [7, 11) is 0. The molecule has 0 aromatic heterocycles. The predicted octanol–water partition coefficient (Wildman–Crippen LogP) is 2.57. The molecule has 2 aromatic rings. The number of carboxylic acid groups (broad SMARTS) is 2. The van der Waals surface area contributed by atoms with Crippen LogP contribution in [0.2, 0.25) is 0 Å². The van der Waals surface area contributed by atoms with Crippen LogP contribution in [0.4, 0.5) is 11.4 Å². The second kappa shape index (κ2) is 6.12. The second-order valence-corrected chi connectivity index (χ2v) is 4.53. The van der Waals surface area contributed by atoms with Crippen LogP contribution < -0.4 is 0 Å². The number of carbonyl (C=O) groups is 2. The van der Waals surface area contributed by atoms with E-state index in [4.69, 9.17) is 0 Å². The van der Waals surface area contributed by atoms with Gasteiger partial charge in [0.25, 0.3) is 0 Å². The van der Waals surface area contributed by atoms with Crippen molar-refractivity contribution in [3.8, 4) is 11.1 Å². The van der Waals surface area contributed by atoms with E-state index in [0.717, 1.165) is 0 Å². The van der Waals surface area contributed by atoms with Crippen LogP contribution in [0.15, 0.2) is 36.4 Å². The minimum Gasteiger partial charge on any atom is -0.478 e. The Morgan fingerprint density at radius 1 is 0.875 bits per heavy atom. The number of hydrogen-bond donors (Lipinski definition) is 2. The van der Waals surface area contributed by atoms with Crippen LogP contribution in [0, 0.1) is 20.2 Å². The number of benzene rings is 2. The topological polar surface area (TPSA) is 161 Å². The molecule has 0 fully saturated rings. The largest absolute Gasteiger partial charge is 0.478 e. The second-order valence-electron chi connectivity index (χ2n) is 4.53. The fraction of sp³-hybridized carbons (Fsp3) is 0. The Kier molecular flexibility index (Phi) is 4.22. The van der Waals surface area contributed by atoms with Gasteiger partial charge in [0.15, 0.2) is 5.56 Å². The van der Waals surface area contributed by atoms with E-state index in [9.17, 15) is 40.0 Å². The molecule has 2 N–H and O–H groups in total. The van der Waals surface area contributed by atoms with Gasteiger partial charge >= 0.3 is 23.3 Å². The van der Waals surface area contributed by atoms with E-state index in [1.807, 2.05) is 0 Å². The molecule has 0 aliphatic rings. The van der Waals surface area contributed by atoms with Crippen molar-refractivity contribution in [2.24, 2.45) is 0 Å². The fourth-order valence-electron chi connectivity index (χ4n) is 2.26. The molecule has 0 atom stereocenters. The molecule has 0 radical (unpaired) electrons. The molecule has 0 spiro atoms. The van der Waals surface area contributed by atoms with Crippen molar-refractivity contribution < 1.29 is 29.6 Å². The van der Waals surface area contributed by atoms with E-state index < -0.39 is 44.3 Å². The van der Waals surface area contributed by atoms with Crippen LogP contribution in [-0.2, 0) is 0 Å². The quantitative estimate of drug-likeness (QED) is 0.623. The van der Waals surface area contributed by atoms with Crippen molar-refractivity contribution >= 4 is 23.3 Å². The standard InChI is InChI=1S/C14H8N2O8/c17-13(18)10-8(7-4-2-1-3-5-7)6-9(15(21)22)12(16(23)24)11(10)14(19)20/h1-6H,(H,17,18)(H,19,20). The monoisotopic (exact) mass is 332 g/mol. The van der Waals surface area contributed by atoms with Gasteiger partial charge in [-0.25, -0.2) is 9.59 Å². The molecule has 0 saturated heterocycles. The highest BCUT2D eigenvalue weighted by atomic mass is 16.6. The van der Waals surface area contributed by atoms with E-state index in [0.29, 0.717) is 6.07 Å². The van der Waals surface area contributed by atoms with E-state index in [1.54, 1.807) is 6.07 Å². The Morgan fingerprint density at radius 2 is 1.42 bits per heavy atom. The van der Waals surface area contributed by atoms with Gasteiger partial charge < -0.3 is 10.2 Å². The van der Waals surface area contributed by atoms with Crippen LogP contribution in [0.3, 0.4) is 0 Å². The Morgan fingerprint density at radius 3 is 1.83 bits per heavy atom. The first-order chi connectivity index (χ1) is 11.3. The molecule has 0 unspecified atom stereocenters. The zero-order chi connectivity index (χ0) is 18.0. The number of hydrogen-bond acceptors (Lipinski definition) is 6. The minimum absolute atomic E-state index is 0.176. The highest BCUT2D eigenvalue weighted by Gasteiger charge is 2.39. The summed E-state index contributed by atoms with van der Waals surface area (Å²) >= 11 is 0. The summed E-state index contributed by atoms with van der Waals surface area (Å²) in [6.45, 7) is 0. The lowest BCUT2D eigenvalue weighted by molar-refractivity contribution is -0.422. The first kappa shape index (κ1) is 16.5. The van der Waals surface area contributed by atoms with Crippen molar-refractivity contribution in [2.45, 2.75) is 0 Å². The third-order valence-electron chi connectivity index (χ3n) is 3.17. The Balaban J connectivity index is 3.06. The number of rotatable bonds is 5. The summed E-state index contributed by atoms with van der Waals surface area (Å²) in [4.78, 5) is 42.8. The van der Waals surface area contributed by atoms with Gasteiger partial charge in [-0.3, -0.25) is 20.2 Å². The number of aromatic carboxylic acids is 2. The van der Waals surface area contributed by atoms with Gasteiger partial charge in [-0.15, -0.1) is 0 Å². The predicted molar refractivity (Wildman–Crippen MR) is 79.1 cm³/mol. The van der Waals surface area contributed by atoms with Gasteiger partial charge in [0.1, 0.15) is 0 Å². The lowest BCUT2D eigenvalue weighted by Gasteiger charge is -2.10. The molecular formula is C14H8N2O8. The molecule has 10 nitrogen and oxygen atoms in total. The van der Waals surface area contributed by atoms with Gasteiger partial charge in [-0.2, -0.15) is 0 Å². The molecule has 24 heavy (non-hydrogen) atoms. The third kappa shape index (κ3) is 2.75. The summed E-state index contributed by atoms with van der Waals surface area (Å²) in [6.07, 6.45) is 0. The molecule has 0 bridgehead atoms. The van der Waals surface area contributed by atoms with Gasteiger partial charge in [-0.1, -0.05) is 30.3 Å². The Labute approximate surface area is 132 Å². The molecule has 0 heterocycles. The normalized spacial score (nSPS) is 10.2. The van der Waals surface area contributed by atoms with Crippen molar-refractivity contribution in [3.05, 3.63) is 67.8 Å². The van der Waals surface area contributed by atoms with Gasteiger partial charge in [0.05, 0.1) is 15.4 Å². The maximum Gasteiger partial charge on any atom is 0.361 e. The number of nitro benzene ring substituents is 2. The molecule has 0 saturated carbocycles. The molecule has 0 amide bonds. The summed E-state index contributed by atoms with van der Waals surface area (Å²) in [5.41, 5.74) is -4.70. The van der Waals surface area contributed by atoms with Crippen molar-refractivity contribution in [1.82, 2.24) is 0 Å². The molecule has 2 rings (SSSR count). The smallest absolute Gasteiger partial charge is 0.361 e. The van der Waals surface area contributed by atoms with Crippen molar-refractivity contribution in [1.29, 1.82) is 0 Å². The van der Waals surface area contributed by atoms with Crippen molar-refractivity contribution in [2.75, 3.05) is 0 Å². The highest BCUT2D eigenvalue weighted by Crippen LogP contribution is 2.39. The maximum atomic E-state index is 11.5. The Bertz CT molecular complexity index is 876. The summed E-state index contributed by atoms with van der Waals surface area (Å²) in [5.74, 6) is -3.69. The number of nitrogens with zero attached hydrogens (tertiary/aromatic N) is 2. The molecular weight excluding hydrogens is 324 g/mol. The average Bonchev–Trinajstić information content (AvgIpc) is 2.53. The molecule has 0 aliphatic carbocycles.